The standard InChI is InChI=1S/C15H21N.C2H6/c1-10-8-9-13-12(11(2)16)6-5-7-14(13)15(10,3)4;1-2/h5-7,10,16H,8-9H2,1-4H3;1-2H3. The molecule has 1 N–H and O–H groups in total. The number of benzene rings is 1. The predicted molar refractivity (Wildman–Crippen MR) is 80.8 cm³/mol. The van der Waals surface area contributed by atoms with Crippen LogP contribution in [0.25, 0.3) is 0 Å². The number of nitrogens with one attached hydrogen (secondary N) is 1. The molecule has 1 aromatic rings. The molecule has 1 aromatic carbocycles. The van der Waals surface area contributed by atoms with Gasteiger partial charge in [0.1, 0.15) is 0 Å². The molecule has 1 heteroatoms. The van der Waals surface area contributed by atoms with Gasteiger partial charge in [-0.2, -0.15) is 0 Å². The van der Waals surface area contributed by atoms with Gasteiger partial charge in [-0.1, -0.05) is 52.8 Å². The van der Waals surface area contributed by atoms with E-state index in [4.69, 9.17) is 5.41 Å². The monoisotopic (exact) mass is 245 g/mol. The van der Waals surface area contributed by atoms with Gasteiger partial charge >= 0.3 is 0 Å². The van der Waals surface area contributed by atoms with E-state index in [-0.39, 0.29) is 5.41 Å². The molecule has 0 bridgehead atoms. The maximum atomic E-state index is 7.86. The first-order valence-electron chi connectivity index (χ1n) is 7.12. The maximum Gasteiger partial charge on any atom is 0.0358 e. The maximum absolute atomic E-state index is 7.86. The fourth-order valence-electron chi connectivity index (χ4n) is 2.80. The molecule has 2 rings (SSSR count). The minimum atomic E-state index is 0.249. The summed E-state index contributed by atoms with van der Waals surface area (Å²) in [5, 5.41) is 7.86. The first kappa shape index (κ1) is 14.9. The van der Waals surface area contributed by atoms with Gasteiger partial charge in [-0.05, 0) is 47.8 Å². The van der Waals surface area contributed by atoms with Gasteiger partial charge in [-0.3, -0.25) is 0 Å². The van der Waals surface area contributed by atoms with Crippen LogP contribution in [0.4, 0.5) is 0 Å². The minimum Gasteiger partial charge on any atom is -0.305 e. The molecule has 100 valence electrons. The average molecular weight is 245 g/mol. The number of hydrogen-bond acceptors (Lipinski definition) is 1. The van der Waals surface area contributed by atoms with Crippen molar-refractivity contribution in [3.63, 3.8) is 0 Å². The van der Waals surface area contributed by atoms with Crippen molar-refractivity contribution >= 4 is 5.71 Å². The highest BCUT2D eigenvalue weighted by Gasteiger charge is 2.34. The highest BCUT2D eigenvalue weighted by atomic mass is 14.4. The van der Waals surface area contributed by atoms with Crippen LogP contribution in [0.2, 0.25) is 0 Å². The molecule has 1 unspecified atom stereocenters. The molecule has 0 saturated heterocycles. The Balaban J connectivity index is 0.000000771. The van der Waals surface area contributed by atoms with Crippen molar-refractivity contribution in [3.8, 4) is 0 Å². The number of hydrogen-bond donors (Lipinski definition) is 1. The first-order chi connectivity index (χ1) is 8.44. The molecule has 0 saturated carbocycles. The van der Waals surface area contributed by atoms with Gasteiger partial charge < -0.3 is 5.41 Å². The second-order valence-electron chi connectivity index (χ2n) is 5.62. The predicted octanol–water partition coefficient (Wildman–Crippen LogP) is 4.96. The summed E-state index contributed by atoms with van der Waals surface area (Å²) >= 11 is 0. The molecule has 0 spiro atoms. The Kier molecular flexibility index (Phi) is 4.72. The Labute approximate surface area is 112 Å². The highest BCUT2D eigenvalue weighted by molar-refractivity contribution is 5.98. The van der Waals surface area contributed by atoms with E-state index in [1.807, 2.05) is 20.8 Å². The summed E-state index contributed by atoms with van der Waals surface area (Å²) in [5.41, 5.74) is 4.96. The van der Waals surface area contributed by atoms with Gasteiger partial charge in [0.2, 0.25) is 0 Å². The van der Waals surface area contributed by atoms with Crippen molar-refractivity contribution in [2.45, 2.75) is 59.8 Å². The fourth-order valence-corrected chi connectivity index (χ4v) is 2.80. The van der Waals surface area contributed by atoms with Crippen LogP contribution in [0.5, 0.6) is 0 Å². The van der Waals surface area contributed by atoms with Gasteiger partial charge in [-0.25, -0.2) is 0 Å². The zero-order valence-electron chi connectivity index (χ0n) is 12.7. The van der Waals surface area contributed by atoms with E-state index < -0.39 is 0 Å². The molecular formula is C17H27N. The smallest absolute Gasteiger partial charge is 0.0358 e. The zero-order valence-corrected chi connectivity index (χ0v) is 12.7. The third-order valence-electron chi connectivity index (χ3n) is 4.33. The third kappa shape index (κ3) is 2.50. The van der Waals surface area contributed by atoms with Crippen LogP contribution in [-0.4, -0.2) is 5.71 Å². The van der Waals surface area contributed by atoms with Crippen LogP contribution in [0, 0.1) is 11.3 Å². The van der Waals surface area contributed by atoms with Gasteiger partial charge in [0.05, 0.1) is 0 Å². The molecule has 0 fully saturated rings. The molecule has 0 amide bonds. The van der Waals surface area contributed by atoms with E-state index >= 15 is 0 Å². The van der Waals surface area contributed by atoms with Crippen LogP contribution in [0.3, 0.4) is 0 Å². The van der Waals surface area contributed by atoms with Gasteiger partial charge in [0, 0.05) is 5.71 Å². The van der Waals surface area contributed by atoms with Crippen molar-refractivity contribution in [1.29, 1.82) is 5.41 Å². The lowest BCUT2D eigenvalue weighted by atomic mass is 9.65. The summed E-state index contributed by atoms with van der Waals surface area (Å²) in [6, 6.07) is 6.44. The molecule has 1 atom stereocenters. The van der Waals surface area contributed by atoms with Crippen molar-refractivity contribution < 1.29 is 0 Å². The second-order valence-corrected chi connectivity index (χ2v) is 5.62. The Hall–Kier alpha value is -1.11. The molecule has 0 heterocycles. The summed E-state index contributed by atoms with van der Waals surface area (Å²) in [6.07, 6.45) is 2.37. The summed E-state index contributed by atoms with van der Waals surface area (Å²) in [5.74, 6) is 0.723. The van der Waals surface area contributed by atoms with Crippen molar-refractivity contribution in [2.75, 3.05) is 0 Å². The third-order valence-corrected chi connectivity index (χ3v) is 4.33. The summed E-state index contributed by atoms with van der Waals surface area (Å²) in [7, 11) is 0. The normalized spacial score (nSPS) is 20.4. The first-order valence-corrected chi connectivity index (χ1v) is 7.12. The quantitative estimate of drug-likeness (QED) is 0.676. The Morgan fingerprint density at radius 1 is 1.28 bits per heavy atom. The van der Waals surface area contributed by atoms with Crippen LogP contribution in [0.1, 0.15) is 64.7 Å². The Bertz CT molecular complexity index is 429. The molecule has 0 aromatic heterocycles. The minimum absolute atomic E-state index is 0.249. The van der Waals surface area contributed by atoms with Crippen molar-refractivity contribution in [2.24, 2.45) is 5.92 Å². The highest BCUT2D eigenvalue weighted by Crippen LogP contribution is 2.41. The van der Waals surface area contributed by atoms with Crippen LogP contribution in [-0.2, 0) is 11.8 Å². The molecule has 18 heavy (non-hydrogen) atoms. The molecular weight excluding hydrogens is 218 g/mol. The van der Waals surface area contributed by atoms with Crippen molar-refractivity contribution in [1.82, 2.24) is 0 Å². The van der Waals surface area contributed by atoms with E-state index in [0.29, 0.717) is 5.71 Å². The lowest BCUT2D eigenvalue weighted by Crippen LogP contribution is -2.33. The Morgan fingerprint density at radius 3 is 2.44 bits per heavy atom. The van der Waals surface area contributed by atoms with Gasteiger partial charge in [0.25, 0.3) is 0 Å². The van der Waals surface area contributed by atoms with Gasteiger partial charge in [0.15, 0.2) is 0 Å². The lowest BCUT2D eigenvalue weighted by Gasteiger charge is -2.39. The largest absolute Gasteiger partial charge is 0.305 e. The van der Waals surface area contributed by atoms with E-state index in [9.17, 15) is 0 Å². The van der Waals surface area contributed by atoms with E-state index in [1.54, 1.807) is 0 Å². The van der Waals surface area contributed by atoms with Gasteiger partial charge in [-0.15, -0.1) is 0 Å². The average Bonchev–Trinajstić information content (AvgIpc) is 2.36. The summed E-state index contributed by atoms with van der Waals surface area (Å²) in [4.78, 5) is 0. The molecule has 0 radical (unpaired) electrons. The van der Waals surface area contributed by atoms with E-state index in [0.717, 1.165) is 17.9 Å². The zero-order chi connectivity index (χ0) is 13.9. The lowest BCUT2D eigenvalue weighted by molar-refractivity contribution is 0.302. The molecule has 1 aliphatic carbocycles. The summed E-state index contributed by atoms with van der Waals surface area (Å²) in [6.45, 7) is 12.9. The topological polar surface area (TPSA) is 23.9 Å². The fraction of sp³-hybridized carbons (Fsp3) is 0.588. The molecule has 0 aliphatic heterocycles. The van der Waals surface area contributed by atoms with Crippen LogP contribution < -0.4 is 0 Å². The SMILES string of the molecule is CC.CC(=N)c1cccc2c1CCC(C)C2(C)C. The summed E-state index contributed by atoms with van der Waals surface area (Å²) < 4.78 is 0. The molecule has 1 aliphatic rings. The van der Waals surface area contributed by atoms with E-state index in [2.05, 4.69) is 39.0 Å². The molecule has 1 nitrogen and oxygen atoms in total. The Morgan fingerprint density at radius 2 is 1.89 bits per heavy atom. The van der Waals surface area contributed by atoms with Crippen LogP contribution in [0.15, 0.2) is 18.2 Å². The number of rotatable bonds is 1. The second kappa shape index (κ2) is 5.69. The van der Waals surface area contributed by atoms with Crippen LogP contribution >= 0.6 is 0 Å². The number of fused-ring (bicyclic) bond motifs is 1. The van der Waals surface area contributed by atoms with Crippen molar-refractivity contribution in [3.05, 3.63) is 34.9 Å². The van der Waals surface area contributed by atoms with E-state index in [1.165, 1.54) is 17.5 Å².